The number of nitriles is 1. The third-order valence-electron chi connectivity index (χ3n) is 5.65. The second-order valence-electron chi connectivity index (χ2n) is 8.48. The van der Waals surface area contributed by atoms with E-state index in [1.165, 1.54) is 5.56 Å². The van der Waals surface area contributed by atoms with E-state index >= 15 is 0 Å². The Labute approximate surface area is 178 Å². The Morgan fingerprint density at radius 2 is 1.80 bits per heavy atom. The molecular weight excluding hydrogens is 374 g/mol. The van der Waals surface area contributed by atoms with Crippen LogP contribution in [0.25, 0.3) is 0 Å². The summed E-state index contributed by atoms with van der Waals surface area (Å²) in [6.07, 6.45) is 2.27. The van der Waals surface area contributed by atoms with Crippen LogP contribution in [0.15, 0.2) is 42.5 Å². The molecule has 0 radical (unpaired) electrons. The molecule has 2 amide bonds. The van der Waals surface area contributed by atoms with Crippen molar-refractivity contribution in [3.63, 3.8) is 0 Å². The molecule has 2 aromatic carbocycles. The minimum absolute atomic E-state index is 0.00707. The molecule has 1 saturated heterocycles. The lowest BCUT2D eigenvalue weighted by Crippen LogP contribution is -2.38. The zero-order valence-electron chi connectivity index (χ0n) is 17.9. The zero-order valence-corrected chi connectivity index (χ0v) is 17.9. The first kappa shape index (κ1) is 21.6. The average Bonchev–Trinajstić information content (AvgIpc) is 2.74. The van der Waals surface area contributed by atoms with Gasteiger partial charge in [-0.05, 0) is 67.0 Å². The molecule has 0 saturated carbocycles. The number of nitrogens with zero attached hydrogens (tertiary/aromatic N) is 2. The van der Waals surface area contributed by atoms with E-state index in [4.69, 9.17) is 5.26 Å². The molecule has 1 aliphatic heterocycles. The van der Waals surface area contributed by atoms with Crippen molar-refractivity contribution < 1.29 is 9.59 Å². The lowest BCUT2D eigenvalue weighted by molar-refractivity contribution is -0.116. The highest BCUT2D eigenvalue weighted by Gasteiger charge is 2.25. The van der Waals surface area contributed by atoms with Crippen molar-refractivity contribution in [2.75, 3.05) is 18.4 Å². The van der Waals surface area contributed by atoms with Gasteiger partial charge >= 0.3 is 0 Å². The van der Waals surface area contributed by atoms with Gasteiger partial charge in [-0.15, -0.1) is 0 Å². The summed E-state index contributed by atoms with van der Waals surface area (Å²) < 4.78 is 0. The van der Waals surface area contributed by atoms with Gasteiger partial charge in [0.25, 0.3) is 5.91 Å². The number of likely N-dealkylation sites (tertiary alicyclic amines) is 1. The van der Waals surface area contributed by atoms with Crippen molar-refractivity contribution in [2.24, 2.45) is 5.92 Å². The number of nitrogens with one attached hydrogen (secondary N) is 1. The average molecular weight is 404 g/mol. The van der Waals surface area contributed by atoms with Gasteiger partial charge in [0.05, 0.1) is 11.6 Å². The lowest BCUT2D eigenvalue weighted by atomic mass is 9.89. The normalized spacial score (nSPS) is 14.4. The topological polar surface area (TPSA) is 73.2 Å². The summed E-state index contributed by atoms with van der Waals surface area (Å²) in [4.78, 5) is 27.1. The largest absolute Gasteiger partial charge is 0.339 e. The van der Waals surface area contributed by atoms with Crippen LogP contribution in [0.5, 0.6) is 0 Å². The number of benzene rings is 2. The Bertz CT molecular complexity index is 949. The van der Waals surface area contributed by atoms with Crippen LogP contribution < -0.4 is 5.32 Å². The van der Waals surface area contributed by atoms with E-state index in [-0.39, 0.29) is 17.7 Å². The summed E-state index contributed by atoms with van der Waals surface area (Å²) in [5, 5.41) is 11.9. The first-order valence-electron chi connectivity index (χ1n) is 10.6. The maximum Gasteiger partial charge on any atom is 0.253 e. The number of piperidine rings is 1. The van der Waals surface area contributed by atoms with Crippen molar-refractivity contribution in [1.82, 2.24) is 4.90 Å². The highest BCUT2D eigenvalue weighted by molar-refractivity contribution is 5.97. The van der Waals surface area contributed by atoms with Crippen LogP contribution in [0.2, 0.25) is 0 Å². The molecule has 1 fully saturated rings. The van der Waals surface area contributed by atoms with Crippen LogP contribution in [0.1, 0.15) is 66.1 Å². The van der Waals surface area contributed by atoms with Gasteiger partial charge in [-0.3, -0.25) is 9.59 Å². The highest BCUT2D eigenvalue weighted by Crippen LogP contribution is 2.29. The second kappa shape index (κ2) is 9.58. The van der Waals surface area contributed by atoms with E-state index in [9.17, 15) is 9.59 Å². The van der Waals surface area contributed by atoms with Gasteiger partial charge in [0.15, 0.2) is 0 Å². The summed E-state index contributed by atoms with van der Waals surface area (Å²) in [5.41, 5.74) is 4.16. The smallest absolute Gasteiger partial charge is 0.253 e. The molecule has 0 bridgehead atoms. The fourth-order valence-corrected chi connectivity index (χ4v) is 3.89. The number of amides is 2. The van der Waals surface area contributed by atoms with Crippen molar-refractivity contribution in [1.29, 1.82) is 5.26 Å². The molecule has 30 heavy (non-hydrogen) atoms. The fraction of sp³-hybridized carbons (Fsp3) is 0.400. The Morgan fingerprint density at radius 1 is 1.13 bits per heavy atom. The standard InChI is InChI=1S/C25H29N3O2/c1-17(2)14-24(29)27-23-15-22(7-4-18(23)3)25(30)28-12-10-21(11-13-28)20-8-5-19(16-26)6-9-20/h4-9,15,17,21H,10-14H2,1-3H3,(H,27,29). The van der Waals surface area contributed by atoms with Crippen LogP contribution >= 0.6 is 0 Å². The molecule has 0 spiro atoms. The first-order chi connectivity index (χ1) is 14.4. The van der Waals surface area contributed by atoms with Gasteiger partial charge in [-0.1, -0.05) is 32.0 Å². The Balaban J connectivity index is 1.63. The van der Waals surface area contributed by atoms with Crippen molar-refractivity contribution in [3.05, 3.63) is 64.7 Å². The molecule has 0 unspecified atom stereocenters. The first-order valence-corrected chi connectivity index (χ1v) is 10.6. The molecule has 0 atom stereocenters. The molecule has 1 N–H and O–H groups in total. The van der Waals surface area contributed by atoms with Gasteiger partial charge in [-0.25, -0.2) is 0 Å². The molecule has 1 aliphatic rings. The van der Waals surface area contributed by atoms with Crippen molar-refractivity contribution >= 4 is 17.5 Å². The Hall–Kier alpha value is -3.13. The lowest BCUT2D eigenvalue weighted by Gasteiger charge is -2.32. The van der Waals surface area contributed by atoms with E-state index in [0.29, 0.717) is 42.2 Å². The molecule has 5 heteroatoms. The Morgan fingerprint density at radius 3 is 2.40 bits per heavy atom. The SMILES string of the molecule is Cc1ccc(C(=O)N2CCC(c3ccc(C#N)cc3)CC2)cc1NC(=O)CC(C)C. The van der Waals surface area contributed by atoms with Gasteiger partial charge in [0.1, 0.15) is 0 Å². The summed E-state index contributed by atoms with van der Waals surface area (Å²) in [6.45, 7) is 7.35. The van der Waals surface area contributed by atoms with Gasteiger partial charge in [0.2, 0.25) is 5.91 Å². The van der Waals surface area contributed by atoms with Gasteiger partial charge in [-0.2, -0.15) is 5.26 Å². The molecule has 0 aliphatic carbocycles. The second-order valence-corrected chi connectivity index (χ2v) is 8.48. The number of hydrogen-bond acceptors (Lipinski definition) is 3. The van der Waals surface area contributed by atoms with Crippen LogP contribution in [-0.2, 0) is 4.79 Å². The molecular formula is C25H29N3O2. The van der Waals surface area contributed by atoms with E-state index in [1.807, 2.05) is 62.1 Å². The molecule has 2 aromatic rings. The minimum atomic E-state index is -0.0269. The quantitative estimate of drug-likeness (QED) is 0.774. The van der Waals surface area contributed by atoms with Crippen molar-refractivity contribution in [3.8, 4) is 6.07 Å². The molecule has 0 aromatic heterocycles. The van der Waals surface area contributed by atoms with E-state index in [1.54, 1.807) is 6.07 Å². The van der Waals surface area contributed by atoms with E-state index in [2.05, 4.69) is 11.4 Å². The van der Waals surface area contributed by atoms with Crippen LogP contribution in [-0.4, -0.2) is 29.8 Å². The third-order valence-corrected chi connectivity index (χ3v) is 5.65. The summed E-state index contributed by atoms with van der Waals surface area (Å²) >= 11 is 0. The molecule has 1 heterocycles. The number of anilines is 1. The monoisotopic (exact) mass is 403 g/mol. The zero-order chi connectivity index (χ0) is 21.7. The highest BCUT2D eigenvalue weighted by atomic mass is 16.2. The predicted molar refractivity (Wildman–Crippen MR) is 118 cm³/mol. The third kappa shape index (κ3) is 5.27. The number of aryl methyl sites for hydroxylation is 1. The van der Waals surface area contributed by atoms with Crippen molar-refractivity contribution in [2.45, 2.75) is 46.0 Å². The fourth-order valence-electron chi connectivity index (χ4n) is 3.89. The predicted octanol–water partition coefficient (Wildman–Crippen LogP) is 4.87. The van der Waals surface area contributed by atoms with Crippen LogP contribution in [0.4, 0.5) is 5.69 Å². The van der Waals surface area contributed by atoms with Gasteiger partial charge < -0.3 is 10.2 Å². The summed E-state index contributed by atoms with van der Waals surface area (Å²) in [5.74, 6) is 0.673. The van der Waals surface area contributed by atoms with Gasteiger partial charge in [0, 0.05) is 30.8 Å². The van der Waals surface area contributed by atoms with Crippen LogP contribution in [0.3, 0.4) is 0 Å². The Kier molecular flexibility index (Phi) is 6.89. The van der Waals surface area contributed by atoms with Crippen LogP contribution in [0, 0.1) is 24.2 Å². The summed E-state index contributed by atoms with van der Waals surface area (Å²) in [7, 11) is 0. The maximum atomic E-state index is 13.0. The molecule has 3 rings (SSSR count). The number of hydrogen-bond donors (Lipinski definition) is 1. The maximum absolute atomic E-state index is 13.0. The van der Waals surface area contributed by atoms with E-state index < -0.39 is 0 Å². The number of carbonyl (C=O) groups is 2. The minimum Gasteiger partial charge on any atom is -0.339 e. The van der Waals surface area contributed by atoms with E-state index in [0.717, 1.165) is 18.4 Å². The number of carbonyl (C=O) groups excluding carboxylic acids is 2. The molecule has 5 nitrogen and oxygen atoms in total. The molecule has 156 valence electrons. The number of rotatable bonds is 5. The summed E-state index contributed by atoms with van der Waals surface area (Å²) in [6, 6.07) is 15.4.